The van der Waals surface area contributed by atoms with Crippen LogP contribution in [-0.4, -0.2) is 15.7 Å². The lowest BCUT2D eigenvalue weighted by atomic mass is 10.1. The van der Waals surface area contributed by atoms with Crippen molar-refractivity contribution in [1.29, 1.82) is 0 Å². The Kier molecular flexibility index (Phi) is 5.17. The molecule has 4 nitrogen and oxygen atoms in total. The van der Waals surface area contributed by atoms with Gasteiger partial charge in [0, 0.05) is 10.9 Å². The maximum Gasteiger partial charge on any atom is 0.266 e. The Morgan fingerprint density at radius 1 is 1.48 bits per heavy atom. The van der Waals surface area contributed by atoms with Crippen molar-refractivity contribution in [1.82, 2.24) is 9.78 Å². The maximum absolute atomic E-state index is 12.4. The molecular weight excluding hydrogens is 282 g/mol. The van der Waals surface area contributed by atoms with Crippen LogP contribution in [0.15, 0.2) is 18.3 Å². The molecule has 0 radical (unpaired) electrons. The molecule has 0 aliphatic rings. The van der Waals surface area contributed by atoms with Crippen molar-refractivity contribution >= 4 is 23.1 Å². The van der Waals surface area contributed by atoms with Crippen molar-refractivity contribution in [2.45, 2.75) is 53.0 Å². The molecule has 2 aromatic heterocycles. The van der Waals surface area contributed by atoms with E-state index in [2.05, 4.69) is 38.1 Å². The highest BCUT2D eigenvalue weighted by molar-refractivity contribution is 7.14. The van der Waals surface area contributed by atoms with Gasteiger partial charge >= 0.3 is 0 Å². The van der Waals surface area contributed by atoms with E-state index >= 15 is 0 Å². The summed E-state index contributed by atoms with van der Waals surface area (Å²) in [4.78, 5) is 14.4. The van der Waals surface area contributed by atoms with Crippen LogP contribution in [0, 0.1) is 6.92 Å². The van der Waals surface area contributed by atoms with Crippen LogP contribution in [0.5, 0.6) is 0 Å². The fourth-order valence-corrected chi connectivity index (χ4v) is 3.23. The Morgan fingerprint density at radius 2 is 2.24 bits per heavy atom. The van der Waals surface area contributed by atoms with E-state index in [0.717, 1.165) is 30.0 Å². The molecule has 0 fully saturated rings. The standard InChI is InChI=1S/C16H23N3OS/c1-5-7-13-10-14(21-12(13)4)16(20)18-15-8-9-17-19(15)11(3)6-2/h8-11H,5-7H2,1-4H3,(H,18,20). The number of nitrogens with one attached hydrogen (secondary N) is 1. The van der Waals surface area contributed by atoms with E-state index < -0.39 is 0 Å². The lowest BCUT2D eigenvalue weighted by molar-refractivity contribution is 0.102. The van der Waals surface area contributed by atoms with Gasteiger partial charge in [0.05, 0.1) is 17.1 Å². The van der Waals surface area contributed by atoms with Crippen LogP contribution in [-0.2, 0) is 6.42 Å². The summed E-state index contributed by atoms with van der Waals surface area (Å²) in [6, 6.07) is 4.14. The van der Waals surface area contributed by atoms with E-state index in [1.54, 1.807) is 17.5 Å². The highest BCUT2D eigenvalue weighted by Crippen LogP contribution is 2.24. The topological polar surface area (TPSA) is 46.9 Å². The number of aryl methyl sites for hydroxylation is 2. The van der Waals surface area contributed by atoms with Gasteiger partial charge in [-0.1, -0.05) is 20.3 Å². The molecule has 1 atom stereocenters. The van der Waals surface area contributed by atoms with Crippen molar-refractivity contribution in [2.24, 2.45) is 0 Å². The zero-order chi connectivity index (χ0) is 15.4. The zero-order valence-corrected chi connectivity index (χ0v) is 14.0. The molecule has 1 amide bonds. The van der Waals surface area contributed by atoms with E-state index in [9.17, 15) is 4.79 Å². The van der Waals surface area contributed by atoms with E-state index in [-0.39, 0.29) is 11.9 Å². The first-order valence-electron chi connectivity index (χ1n) is 7.51. The molecule has 1 N–H and O–H groups in total. The van der Waals surface area contributed by atoms with E-state index in [1.807, 2.05) is 16.8 Å². The molecule has 0 aliphatic heterocycles. The first-order chi connectivity index (χ1) is 10.1. The van der Waals surface area contributed by atoms with E-state index in [1.165, 1.54) is 10.4 Å². The quantitative estimate of drug-likeness (QED) is 0.858. The van der Waals surface area contributed by atoms with Gasteiger partial charge in [-0.15, -0.1) is 11.3 Å². The van der Waals surface area contributed by atoms with Gasteiger partial charge in [-0.2, -0.15) is 5.10 Å². The number of hydrogen-bond donors (Lipinski definition) is 1. The molecule has 0 aromatic carbocycles. The number of anilines is 1. The number of hydrogen-bond acceptors (Lipinski definition) is 3. The number of carbonyl (C=O) groups is 1. The lowest BCUT2D eigenvalue weighted by Crippen LogP contribution is -2.16. The molecule has 0 saturated carbocycles. The highest BCUT2D eigenvalue weighted by Gasteiger charge is 2.15. The molecule has 2 rings (SSSR count). The minimum Gasteiger partial charge on any atom is -0.306 e. The van der Waals surface area contributed by atoms with Crippen molar-refractivity contribution in [2.75, 3.05) is 5.32 Å². The molecule has 114 valence electrons. The van der Waals surface area contributed by atoms with Crippen LogP contribution in [0.1, 0.15) is 59.8 Å². The van der Waals surface area contributed by atoms with Crippen molar-refractivity contribution < 1.29 is 4.79 Å². The predicted molar refractivity (Wildman–Crippen MR) is 88.2 cm³/mol. The Hall–Kier alpha value is -1.62. The summed E-state index contributed by atoms with van der Waals surface area (Å²) < 4.78 is 1.87. The van der Waals surface area contributed by atoms with E-state index in [4.69, 9.17) is 0 Å². The molecule has 2 heterocycles. The Morgan fingerprint density at radius 3 is 2.90 bits per heavy atom. The first-order valence-corrected chi connectivity index (χ1v) is 8.32. The molecule has 5 heteroatoms. The third kappa shape index (κ3) is 3.53. The third-order valence-electron chi connectivity index (χ3n) is 3.68. The molecule has 21 heavy (non-hydrogen) atoms. The Balaban J connectivity index is 2.15. The second kappa shape index (κ2) is 6.89. The minimum atomic E-state index is -0.0458. The second-order valence-electron chi connectivity index (χ2n) is 5.31. The molecule has 0 saturated heterocycles. The number of rotatable bonds is 6. The van der Waals surface area contributed by atoms with Crippen molar-refractivity contribution in [3.05, 3.63) is 33.6 Å². The Bertz CT molecular complexity index is 615. The van der Waals surface area contributed by atoms with Gasteiger partial charge in [-0.25, -0.2) is 4.68 Å². The maximum atomic E-state index is 12.4. The predicted octanol–water partition coefficient (Wildman–Crippen LogP) is 4.43. The van der Waals surface area contributed by atoms with Gasteiger partial charge in [0.1, 0.15) is 5.82 Å². The van der Waals surface area contributed by atoms with Crippen LogP contribution < -0.4 is 5.32 Å². The van der Waals surface area contributed by atoms with Gasteiger partial charge in [0.25, 0.3) is 5.91 Å². The molecule has 0 bridgehead atoms. The number of nitrogens with zero attached hydrogens (tertiary/aromatic N) is 2. The van der Waals surface area contributed by atoms with Crippen molar-refractivity contribution in [3.63, 3.8) is 0 Å². The monoisotopic (exact) mass is 305 g/mol. The van der Waals surface area contributed by atoms with Crippen LogP contribution in [0.2, 0.25) is 0 Å². The van der Waals surface area contributed by atoms with Gasteiger partial charge in [-0.3, -0.25) is 4.79 Å². The van der Waals surface area contributed by atoms with Gasteiger partial charge in [0.2, 0.25) is 0 Å². The summed E-state index contributed by atoms with van der Waals surface area (Å²) in [7, 11) is 0. The molecule has 1 unspecified atom stereocenters. The average molecular weight is 305 g/mol. The Labute approximate surface area is 130 Å². The fourth-order valence-electron chi connectivity index (χ4n) is 2.26. The minimum absolute atomic E-state index is 0.0458. The van der Waals surface area contributed by atoms with Gasteiger partial charge in [-0.05, 0) is 38.3 Å². The molecule has 0 aliphatic carbocycles. The lowest BCUT2D eigenvalue weighted by Gasteiger charge is -2.13. The summed E-state index contributed by atoms with van der Waals surface area (Å²) in [5.41, 5.74) is 1.28. The van der Waals surface area contributed by atoms with Gasteiger partial charge < -0.3 is 5.32 Å². The smallest absolute Gasteiger partial charge is 0.266 e. The average Bonchev–Trinajstić information content (AvgIpc) is 3.06. The fraction of sp³-hybridized carbons (Fsp3) is 0.500. The number of carbonyl (C=O) groups excluding carboxylic acids is 1. The number of thiophene rings is 1. The number of aromatic nitrogens is 2. The van der Waals surface area contributed by atoms with Crippen LogP contribution in [0.3, 0.4) is 0 Å². The summed E-state index contributed by atoms with van der Waals surface area (Å²) in [6.45, 7) is 8.44. The highest BCUT2D eigenvalue weighted by atomic mass is 32.1. The van der Waals surface area contributed by atoms with Crippen LogP contribution >= 0.6 is 11.3 Å². The summed E-state index contributed by atoms with van der Waals surface area (Å²) >= 11 is 1.56. The first kappa shape index (κ1) is 15.8. The molecular formula is C16H23N3OS. The summed E-state index contributed by atoms with van der Waals surface area (Å²) in [5, 5.41) is 7.27. The third-order valence-corrected chi connectivity index (χ3v) is 4.78. The van der Waals surface area contributed by atoms with Gasteiger partial charge in [0.15, 0.2) is 0 Å². The van der Waals surface area contributed by atoms with Crippen molar-refractivity contribution in [3.8, 4) is 0 Å². The molecule has 2 aromatic rings. The largest absolute Gasteiger partial charge is 0.306 e. The summed E-state index contributed by atoms with van der Waals surface area (Å²) in [6.07, 6.45) is 4.83. The summed E-state index contributed by atoms with van der Waals surface area (Å²) in [5.74, 6) is 0.716. The zero-order valence-electron chi connectivity index (χ0n) is 13.1. The molecule has 0 spiro atoms. The SMILES string of the molecule is CCCc1cc(C(=O)Nc2ccnn2C(C)CC)sc1C. The van der Waals surface area contributed by atoms with Crippen LogP contribution in [0.25, 0.3) is 0 Å². The van der Waals surface area contributed by atoms with E-state index in [0.29, 0.717) is 0 Å². The van der Waals surface area contributed by atoms with Crippen LogP contribution in [0.4, 0.5) is 5.82 Å². The number of amides is 1. The normalized spacial score (nSPS) is 12.4. The second-order valence-corrected chi connectivity index (χ2v) is 6.57.